The van der Waals surface area contributed by atoms with Gasteiger partial charge < -0.3 is 10.3 Å². The third kappa shape index (κ3) is 4.58. The molecule has 0 unspecified atom stereocenters. The normalized spacial score (nSPS) is 11.0. The van der Waals surface area contributed by atoms with Gasteiger partial charge in [-0.3, -0.25) is 9.59 Å². The number of ketones is 1. The lowest BCUT2D eigenvalue weighted by Crippen LogP contribution is -2.25. The summed E-state index contributed by atoms with van der Waals surface area (Å²) in [4.78, 5) is 34.1. The number of aromatic amines is 1. The fourth-order valence-corrected chi connectivity index (χ4v) is 3.91. The van der Waals surface area contributed by atoms with Crippen molar-refractivity contribution in [1.29, 1.82) is 0 Å². The molecule has 0 fully saturated rings. The first kappa shape index (κ1) is 18.3. The molecule has 3 rings (SSSR count). The van der Waals surface area contributed by atoms with Crippen LogP contribution >= 0.6 is 11.3 Å². The van der Waals surface area contributed by atoms with E-state index in [9.17, 15) is 9.59 Å². The number of imidazole rings is 1. The van der Waals surface area contributed by atoms with Gasteiger partial charge in [0.25, 0.3) is 0 Å². The largest absolute Gasteiger partial charge is 0.356 e. The Kier molecular flexibility index (Phi) is 5.83. The van der Waals surface area contributed by atoms with Crippen LogP contribution in [0.3, 0.4) is 0 Å². The molecule has 0 bridgehead atoms. The van der Waals surface area contributed by atoms with Crippen molar-refractivity contribution in [3.63, 3.8) is 0 Å². The highest BCUT2D eigenvalue weighted by molar-refractivity contribution is 7.12. The molecule has 0 radical (unpaired) electrons. The van der Waals surface area contributed by atoms with Gasteiger partial charge in [-0.05, 0) is 38.5 Å². The molecule has 5 nitrogen and oxygen atoms in total. The maximum absolute atomic E-state index is 12.2. The van der Waals surface area contributed by atoms with Crippen molar-refractivity contribution in [3.05, 3.63) is 51.5 Å². The lowest BCUT2D eigenvalue weighted by molar-refractivity contribution is -0.121. The third-order valence-electron chi connectivity index (χ3n) is 4.27. The summed E-state index contributed by atoms with van der Waals surface area (Å²) in [7, 11) is 0. The number of carbonyl (C=O) groups is 2. The second-order valence-corrected chi connectivity index (χ2v) is 7.86. The van der Waals surface area contributed by atoms with Crippen molar-refractivity contribution < 1.29 is 9.59 Å². The number of nitrogens with zero attached hydrogens (tertiary/aromatic N) is 1. The maximum Gasteiger partial charge on any atom is 0.220 e. The van der Waals surface area contributed by atoms with Crippen LogP contribution in [-0.2, 0) is 11.2 Å². The topological polar surface area (TPSA) is 74.8 Å². The van der Waals surface area contributed by atoms with Crippen LogP contribution in [0.25, 0.3) is 11.0 Å². The SMILES string of the molecule is Cc1cc(C(=O)CCC(=O)NCCCc2nc3ccccc3[nH]2)c(C)s1. The Balaban J connectivity index is 1.37. The van der Waals surface area contributed by atoms with Gasteiger partial charge in [0.2, 0.25) is 5.91 Å². The minimum atomic E-state index is -0.0763. The molecular weight excluding hydrogens is 346 g/mol. The second-order valence-electron chi connectivity index (χ2n) is 6.40. The Morgan fingerprint density at radius 2 is 2.00 bits per heavy atom. The number of amides is 1. The maximum atomic E-state index is 12.2. The van der Waals surface area contributed by atoms with E-state index in [2.05, 4.69) is 15.3 Å². The molecule has 3 aromatic rings. The van der Waals surface area contributed by atoms with Crippen LogP contribution in [0.1, 0.15) is 45.2 Å². The first-order valence-corrected chi connectivity index (χ1v) is 9.65. The predicted octanol–water partition coefficient (Wildman–Crippen LogP) is 3.95. The van der Waals surface area contributed by atoms with E-state index in [1.165, 1.54) is 0 Å². The summed E-state index contributed by atoms with van der Waals surface area (Å²) in [5.41, 5.74) is 2.75. The summed E-state index contributed by atoms with van der Waals surface area (Å²) >= 11 is 1.62. The molecule has 2 heterocycles. The molecule has 6 heteroatoms. The van der Waals surface area contributed by atoms with Crippen molar-refractivity contribution in [1.82, 2.24) is 15.3 Å². The number of rotatable bonds is 8. The van der Waals surface area contributed by atoms with Gasteiger partial charge in [-0.25, -0.2) is 4.98 Å². The number of hydrogen-bond acceptors (Lipinski definition) is 4. The Labute approximate surface area is 156 Å². The van der Waals surface area contributed by atoms with E-state index in [1.807, 2.05) is 44.2 Å². The average Bonchev–Trinajstić information content (AvgIpc) is 3.18. The van der Waals surface area contributed by atoms with Gasteiger partial charge in [-0.15, -0.1) is 11.3 Å². The van der Waals surface area contributed by atoms with Crippen LogP contribution < -0.4 is 5.32 Å². The Morgan fingerprint density at radius 1 is 1.19 bits per heavy atom. The zero-order chi connectivity index (χ0) is 18.5. The number of benzene rings is 1. The van der Waals surface area contributed by atoms with Gasteiger partial charge in [0, 0.05) is 41.1 Å². The molecule has 0 spiro atoms. The molecule has 0 aliphatic rings. The highest BCUT2D eigenvalue weighted by atomic mass is 32.1. The van der Waals surface area contributed by atoms with E-state index < -0.39 is 0 Å². The van der Waals surface area contributed by atoms with Gasteiger partial charge in [0.05, 0.1) is 11.0 Å². The van der Waals surface area contributed by atoms with E-state index in [4.69, 9.17) is 0 Å². The van der Waals surface area contributed by atoms with Gasteiger partial charge >= 0.3 is 0 Å². The van der Waals surface area contributed by atoms with Gasteiger partial charge in [-0.2, -0.15) is 0 Å². The molecule has 0 atom stereocenters. The number of aryl methyl sites for hydroxylation is 3. The van der Waals surface area contributed by atoms with E-state index in [1.54, 1.807) is 11.3 Å². The van der Waals surface area contributed by atoms with Crippen LogP contribution in [0.4, 0.5) is 0 Å². The first-order chi connectivity index (χ1) is 12.5. The molecule has 1 aromatic carbocycles. The summed E-state index contributed by atoms with van der Waals surface area (Å²) < 4.78 is 0. The number of fused-ring (bicyclic) bond motifs is 1. The number of H-pyrrole nitrogens is 1. The van der Waals surface area contributed by atoms with Crippen molar-refractivity contribution in [3.8, 4) is 0 Å². The van der Waals surface area contributed by atoms with Crippen molar-refractivity contribution in [2.45, 2.75) is 39.5 Å². The minimum absolute atomic E-state index is 0.0456. The van der Waals surface area contributed by atoms with Crippen LogP contribution in [0.5, 0.6) is 0 Å². The zero-order valence-electron chi connectivity index (χ0n) is 15.1. The molecule has 0 aliphatic carbocycles. The summed E-state index contributed by atoms with van der Waals surface area (Å²) in [6, 6.07) is 9.83. The summed E-state index contributed by atoms with van der Waals surface area (Å²) in [6.45, 7) is 4.52. The van der Waals surface area contributed by atoms with Gasteiger partial charge in [0.15, 0.2) is 5.78 Å². The van der Waals surface area contributed by atoms with Gasteiger partial charge in [-0.1, -0.05) is 12.1 Å². The van der Waals surface area contributed by atoms with E-state index in [0.29, 0.717) is 6.54 Å². The molecule has 2 N–H and O–H groups in total. The number of carbonyl (C=O) groups excluding carboxylic acids is 2. The Bertz CT molecular complexity index is 893. The number of Topliss-reactive ketones (excluding diaryl/α,β-unsaturated/α-hetero) is 1. The first-order valence-electron chi connectivity index (χ1n) is 8.83. The molecule has 26 heavy (non-hydrogen) atoms. The van der Waals surface area contributed by atoms with Gasteiger partial charge in [0.1, 0.15) is 5.82 Å². The van der Waals surface area contributed by atoms with Crippen LogP contribution in [0, 0.1) is 13.8 Å². The van der Waals surface area contributed by atoms with Crippen molar-refractivity contribution >= 4 is 34.1 Å². The molecule has 0 saturated heterocycles. The van der Waals surface area contributed by atoms with Crippen LogP contribution in [-0.4, -0.2) is 28.2 Å². The van der Waals surface area contributed by atoms with Crippen LogP contribution in [0.15, 0.2) is 30.3 Å². The minimum Gasteiger partial charge on any atom is -0.356 e. The van der Waals surface area contributed by atoms with Crippen molar-refractivity contribution in [2.75, 3.05) is 6.54 Å². The van der Waals surface area contributed by atoms with Crippen molar-refractivity contribution in [2.24, 2.45) is 0 Å². The molecule has 0 saturated carbocycles. The summed E-state index contributed by atoms with van der Waals surface area (Å²) in [5, 5.41) is 2.88. The fourth-order valence-electron chi connectivity index (χ4n) is 2.97. The zero-order valence-corrected chi connectivity index (χ0v) is 15.9. The monoisotopic (exact) mass is 369 g/mol. The van der Waals surface area contributed by atoms with E-state index in [0.717, 1.165) is 45.0 Å². The predicted molar refractivity (Wildman–Crippen MR) is 105 cm³/mol. The average molecular weight is 369 g/mol. The lowest BCUT2D eigenvalue weighted by atomic mass is 10.1. The molecule has 136 valence electrons. The highest BCUT2D eigenvalue weighted by Crippen LogP contribution is 2.22. The number of thiophene rings is 1. The standard InChI is InChI=1S/C20H23N3O2S/c1-13-12-15(14(2)26-13)18(24)9-10-20(25)21-11-5-8-19-22-16-6-3-4-7-17(16)23-19/h3-4,6-7,12H,5,8-11H2,1-2H3,(H,21,25)(H,22,23). The Hall–Kier alpha value is -2.47. The third-order valence-corrected chi connectivity index (χ3v) is 5.24. The molecule has 2 aromatic heterocycles. The highest BCUT2D eigenvalue weighted by Gasteiger charge is 2.13. The smallest absolute Gasteiger partial charge is 0.220 e. The molecular formula is C20H23N3O2S. The number of para-hydroxylation sites is 2. The summed E-state index contributed by atoms with van der Waals surface area (Å²) in [6.07, 6.45) is 2.08. The van der Waals surface area contributed by atoms with E-state index >= 15 is 0 Å². The number of hydrogen-bond donors (Lipinski definition) is 2. The van der Waals surface area contributed by atoms with E-state index in [-0.39, 0.29) is 24.5 Å². The Morgan fingerprint density at radius 3 is 2.73 bits per heavy atom. The fraction of sp³-hybridized carbons (Fsp3) is 0.350. The number of aromatic nitrogens is 2. The lowest BCUT2D eigenvalue weighted by Gasteiger charge is -2.04. The number of nitrogens with one attached hydrogen (secondary N) is 2. The molecule has 0 aliphatic heterocycles. The quantitative estimate of drug-likeness (QED) is 0.466. The van der Waals surface area contributed by atoms with Crippen LogP contribution in [0.2, 0.25) is 0 Å². The second kappa shape index (κ2) is 8.27. The summed E-state index contributed by atoms with van der Waals surface area (Å²) in [5.74, 6) is 0.899. The molecule has 1 amide bonds.